The van der Waals surface area contributed by atoms with Gasteiger partial charge in [-0.15, -0.1) is 0 Å². The number of carboxylic acids is 1. The maximum atomic E-state index is 10.5. The molecular formula is C12H17NO3. The molecule has 0 heterocycles. The summed E-state index contributed by atoms with van der Waals surface area (Å²) in [4.78, 5) is 10.5. The number of methoxy groups -OCH3 is 1. The molecule has 0 radical (unpaired) electrons. The molecule has 0 aromatic heterocycles. The summed E-state index contributed by atoms with van der Waals surface area (Å²) in [6.07, 6.45) is 0.480. The number of hydrogen-bond donors (Lipinski definition) is 2. The summed E-state index contributed by atoms with van der Waals surface area (Å²) in [5, 5.41) is 8.60. The van der Waals surface area contributed by atoms with Gasteiger partial charge in [0.25, 0.3) is 0 Å². The fourth-order valence-corrected chi connectivity index (χ4v) is 1.58. The topological polar surface area (TPSA) is 72.5 Å². The zero-order chi connectivity index (χ0) is 12.1. The highest BCUT2D eigenvalue weighted by Crippen LogP contribution is 2.27. The van der Waals surface area contributed by atoms with Gasteiger partial charge in [-0.25, -0.2) is 0 Å². The van der Waals surface area contributed by atoms with Gasteiger partial charge in [-0.1, -0.05) is 17.7 Å². The van der Waals surface area contributed by atoms with E-state index in [-0.39, 0.29) is 12.5 Å². The van der Waals surface area contributed by atoms with Crippen molar-refractivity contribution in [2.45, 2.75) is 25.8 Å². The van der Waals surface area contributed by atoms with Crippen LogP contribution in [0.2, 0.25) is 0 Å². The van der Waals surface area contributed by atoms with Gasteiger partial charge < -0.3 is 15.6 Å². The number of hydrogen-bond acceptors (Lipinski definition) is 3. The molecular weight excluding hydrogens is 206 g/mol. The van der Waals surface area contributed by atoms with Crippen LogP contribution in [0.3, 0.4) is 0 Å². The molecule has 0 fully saturated rings. The first-order valence-electron chi connectivity index (χ1n) is 5.16. The molecule has 16 heavy (non-hydrogen) atoms. The van der Waals surface area contributed by atoms with Crippen molar-refractivity contribution in [2.24, 2.45) is 5.73 Å². The van der Waals surface area contributed by atoms with Gasteiger partial charge in [-0.05, 0) is 19.4 Å². The van der Waals surface area contributed by atoms with E-state index in [1.807, 2.05) is 25.1 Å². The minimum absolute atomic E-state index is 0.0677. The van der Waals surface area contributed by atoms with E-state index in [4.69, 9.17) is 15.6 Å². The van der Waals surface area contributed by atoms with E-state index in [1.165, 1.54) is 0 Å². The summed E-state index contributed by atoms with van der Waals surface area (Å²) >= 11 is 0. The number of ether oxygens (including phenoxy) is 1. The molecule has 0 saturated carbocycles. The van der Waals surface area contributed by atoms with Gasteiger partial charge in [0, 0.05) is 18.0 Å². The quantitative estimate of drug-likeness (QED) is 0.799. The summed E-state index contributed by atoms with van der Waals surface area (Å²) in [7, 11) is 1.58. The maximum Gasteiger partial charge on any atom is 0.303 e. The first kappa shape index (κ1) is 12.5. The molecule has 0 spiro atoms. The Hall–Kier alpha value is -1.55. The van der Waals surface area contributed by atoms with E-state index >= 15 is 0 Å². The van der Waals surface area contributed by atoms with Gasteiger partial charge in [0.2, 0.25) is 0 Å². The number of benzene rings is 1. The molecule has 0 amide bonds. The van der Waals surface area contributed by atoms with Gasteiger partial charge >= 0.3 is 5.97 Å². The predicted octanol–water partition coefficient (Wildman–Crippen LogP) is 1.87. The SMILES string of the molecule is COc1ccc(C)cc1C(N)CCC(=O)O. The van der Waals surface area contributed by atoms with Gasteiger partial charge in [0.1, 0.15) is 5.75 Å². The second kappa shape index (κ2) is 5.51. The highest BCUT2D eigenvalue weighted by Gasteiger charge is 2.13. The highest BCUT2D eigenvalue weighted by atomic mass is 16.5. The monoisotopic (exact) mass is 223 g/mol. The van der Waals surface area contributed by atoms with E-state index in [0.29, 0.717) is 12.2 Å². The standard InChI is InChI=1S/C12H17NO3/c1-8-3-5-11(16-2)9(7-8)10(13)4-6-12(14)15/h3,5,7,10H,4,6,13H2,1-2H3,(H,14,15). The first-order valence-corrected chi connectivity index (χ1v) is 5.16. The van der Waals surface area contributed by atoms with Crippen LogP contribution >= 0.6 is 0 Å². The average molecular weight is 223 g/mol. The Bertz CT molecular complexity index is 377. The van der Waals surface area contributed by atoms with Crippen LogP contribution in [-0.2, 0) is 4.79 Å². The summed E-state index contributed by atoms with van der Waals surface area (Å²) in [5.74, 6) is -0.120. The zero-order valence-electron chi connectivity index (χ0n) is 9.56. The molecule has 0 aliphatic carbocycles. The van der Waals surface area contributed by atoms with Crippen molar-refractivity contribution in [3.63, 3.8) is 0 Å². The van der Waals surface area contributed by atoms with Crippen molar-refractivity contribution in [2.75, 3.05) is 7.11 Å². The molecule has 1 aromatic rings. The molecule has 4 heteroatoms. The predicted molar refractivity (Wildman–Crippen MR) is 61.5 cm³/mol. The van der Waals surface area contributed by atoms with Crippen LogP contribution in [0.15, 0.2) is 18.2 Å². The average Bonchev–Trinajstić information content (AvgIpc) is 2.25. The summed E-state index contributed by atoms with van der Waals surface area (Å²) in [6.45, 7) is 1.97. The highest BCUT2D eigenvalue weighted by molar-refractivity contribution is 5.66. The molecule has 0 saturated heterocycles. The Labute approximate surface area is 95.0 Å². The van der Waals surface area contributed by atoms with Crippen molar-refractivity contribution >= 4 is 5.97 Å². The van der Waals surface area contributed by atoms with Crippen LogP contribution in [0, 0.1) is 6.92 Å². The lowest BCUT2D eigenvalue weighted by Gasteiger charge is -2.15. The van der Waals surface area contributed by atoms with Gasteiger partial charge in [-0.3, -0.25) is 4.79 Å². The number of carboxylic acid groups (broad SMARTS) is 1. The second-order valence-electron chi connectivity index (χ2n) is 3.78. The third kappa shape index (κ3) is 3.24. The van der Waals surface area contributed by atoms with Crippen molar-refractivity contribution in [3.05, 3.63) is 29.3 Å². The van der Waals surface area contributed by atoms with Crippen LogP contribution in [-0.4, -0.2) is 18.2 Å². The van der Waals surface area contributed by atoms with Gasteiger partial charge in [0.15, 0.2) is 0 Å². The number of nitrogens with two attached hydrogens (primary N) is 1. The molecule has 0 bridgehead atoms. The smallest absolute Gasteiger partial charge is 0.303 e. The van der Waals surface area contributed by atoms with E-state index < -0.39 is 5.97 Å². The second-order valence-corrected chi connectivity index (χ2v) is 3.78. The lowest BCUT2D eigenvalue weighted by Crippen LogP contribution is -2.13. The number of aryl methyl sites for hydroxylation is 1. The Morgan fingerprint density at radius 1 is 1.56 bits per heavy atom. The molecule has 1 aromatic carbocycles. The molecule has 1 atom stereocenters. The largest absolute Gasteiger partial charge is 0.496 e. The fourth-order valence-electron chi connectivity index (χ4n) is 1.58. The van der Waals surface area contributed by atoms with Gasteiger partial charge in [-0.2, -0.15) is 0 Å². The van der Waals surface area contributed by atoms with Crippen molar-refractivity contribution in [1.82, 2.24) is 0 Å². The minimum Gasteiger partial charge on any atom is -0.496 e. The summed E-state index contributed by atoms with van der Waals surface area (Å²) in [5.41, 5.74) is 7.89. The Kier molecular flexibility index (Phi) is 4.31. The fraction of sp³-hybridized carbons (Fsp3) is 0.417. The van der Waals surface area contributed by atoms with E-state index in [0.717, 1.165) is 11.1 Å². The van der Waals surface area contributed by atoms with Crippen LogP contribution in [0.25, 0.3) is 0 Å². The van der Waals surface area contributed by atoms with Crippen molar-refractivity contribution in [3.8, 4) is 5.75 Å². The summed E-state index contributed by atoms with van der Waals surface area (Å²) < 4.78 is 5.20. The normalized spacial score (nSPS) is 12.2. The molecule has 1 unspecified atom stereocenters. The van der Waals surface area contributed by atoms with Crippen LogP contribution in [0.4, 0.5) is 0 Å². The van der Waals surface area contributed by atoms with Crippen molar-refractivity contribution in [1.29, 1.82) is 0 Å². The van der Waals surface area contributed by atoms with Crippen LogP contribution < -0.4 is 10.5 Å². The lowest BCUT2D eigenvalue weighted by molar-refractivity contribution is -0.137. The summed E-state index contributed by atoms with van der Waals surface area (Å²) in [6, 6.07) is 5.43. The van der Waals surface area contributed by atoms with E-state index in [1.54, 1.807) is 7.11 Å². The van der Waals surface area contributed by atoms with Crippen molar-refractivity contribution < 1.29 is 14.6 Å². The van der Waals surface area contributed by atoms with Crippen LogP contribution in [0.5, 0.6) is 5.75 Å². The van der Waals surface area contributed by atoms with Gasteiger partial charge in [0.05, 0.1) is 7.11 Å². The number of rotatable bonds is 5. The Morgan fingerprint density at radius 2 is 2.25 bits per heavy atom. The van der Waals surface area contributed by atoms with Crippen LogP contribution in [0.1, 0.15) is 30.0 Å². The molecule has 0 aliphatic rings. The third-order valence-electron chi connectivity index (χ3n) is 2.45. The molecule has 1 rings (SSSR count). The maximum absolute atomic E-state index is 10.5. The Balaban J connectivity index is 2.84. The molecule has 4 nitrogen and oxygen atoms in total. The molecule has 88 valence electrons. The lowest BCUT2D eigenvalue weighted by atomic mass is 10.00. The number of aliphatic carboxylic acids is 1. The van der Waals surface area contributed by atoms with E-state index in [2.05, 4.69) is 0 Å². The third-order valence-corrected chi connectivity index (χ3v) is 2.45. The minimum atomic E-state index is -0.831. The Morgan fingerprint density at radius 3 is 2.81 bits per heavy atom. The zero-order valence-corrected chi connectivity index (χ0v) is 9.56. The van der Waals surface area contributed by atoms with E-state index in [9.17, 15) is 4.79 Å². The first-order chi connectivity index (χ1) is 7.54. The molecule has 0 aliphatic heterocycles. The number of carbonyl (C=O) groups is 1. The molecule has 3 N–H and O–H groups in total.